The van der Waals surface area contributed by atoms with Gasteiger partial charge in [0.05, 0.1) is 5.69 Å². The molecule has 1 aliphatic heterocycles. The summed E-state index contributed by atoms with van der Waals surface area (Å²) in [6.07, 6.45) is 5.55. The van der Waals surface area contributed by atoms with E-state index in [1.165, 1.54) is 17.0 Å². The highest BCUT2D eigenvalue weighted by atomic mass is 32.2. The molecular formula is C25H26F3N5O5S. The van der Waals surface area contributed by atoms with Gasteiger partial charge in [-0.1, -0.05) is 43.5 Å². The Hall–Kier alpha value is -3.94. The highest BCUT2D eigenvalue weighted by Crippen LogP contribution is 2.38. The maximum absolute atomic E-state index is 13.8. The van der Waals surface area contributed by atoms with Crippen molar-refractivity contribution in [3.63, 3.8) is 0 Å². The smallest absolute Gasteiger partial charge is 0.311 e. The van der Waals surface area contributed by atoms with Crippen LogP contribution in [0.5, 0.6) is 0 Å². The lowest BCUT2D eigenvalue weighted by atomic mass is 9.79. The summed E-state index contributed by atoms with van der Waals surface area (Å²) in [7, 11) is -4.31. The topological polar surface area (TPSA) is 137 Å². The summed E-state index contributed by atoms with van der Waals surface area (Å²) < 4.78 is 61.4. The number of benzene rings is 2. The lowest BCUT2D eigenvalue weighted by Gasteiger charge is -2.40. The lowest BCUT2D eigenvalue weighted by Crippen LogP contribution is -2.63. The Kier molecular flexibility index (Phi) is 7.68. The van der Waals surface area contributed by atoms with Gasteiger partial charge in [-0.05, 0) is 37.1 Å². The second-order valence-electron chi connectivity index (χ2n) is 9.32. The molecule has 0 bridgehead atoms. The number of nitrogens with one attached hydrogen (secondary N) is 3. The van der Waals surface area contributed by atoms with Crippen molar-refractivity contribution in [2.75, 3.05) is 17.3 Å². The molecule has 0 saturated heterocycles. The number of hydrogen-bond acceptors (Lipinski definition) is 6. The molecule has 1 fully saturated rings. The van der Waals surface area contributed by atoms with Crippen LogP contribution in [0.25, 0.3) is 0 Å². The average molecular weight is 566 g/mol. The van der Waals surface area contributed by atoms with Crippen LogP contribution in [-0.4, -0.2) is 50.7 Å². The molecule has 1 atom stereocenters. The number of hydrogen-bond donors (Lipinski definition) is 3. The number of carbonyl (C=O) groups excluding carboxylic acids is 3. The van der Waals surface area contributed by atoms with Gasteiger partial charge in [0.15, 0.2) is 0 Å². The van der Waals surface area contributed by atoms with Crippen LogP contribution in [0.3, 0.4) is 0 Å². The SMILES string of the molecule is CN1C(=O)C(NC(=O)Nc2cccc(C(=O)NS(=O)(=O)C(F)(F)F)c2)(C2CCCCC2)N=Cc2ccccc21. The fraction of sp³-hybridized carbons (Fsp3) is 0.360. The zero-order valence-electron chi connectivity index (χ0n) is 20.8. The van der Waals surface area contributed by atoms with Gasteiger partial charge in [0.1, 0.15) is 0 Å². The zero-order chi connectivity index (χ0) is 28.4. The van der Waals surface area contributed by atoms with E-state index in [9.17, 15) is 36.0 Å². The number of amides is 4. The summed E-state index contributed by atoms with van der Waals surface area (Å²) in [5.41, 5.74) is -6.45. The van der Waals surface area contributed by atoms with Crippen molar-refractivity contribution in [1.29, 1.82) is 0 Å². The molecule has 4 amide bonds. The summed E-state index contributed by atoms with van der Waals surface area (Å²) in [6.45, 7) is 0. The molecule has 3 N–H and O–H groups in total. The monoisotopic (exact) mass is 565 g/mol. The van der Waals surface area contributed by atoms with Gasteiger partial charge in [0.2, 0.25) is 5.66 Å². The third kappa shape index (κ3) is 5.75. The number of alkyl halides is 3. The van der Waals surface area contributed by atoms with Crippen LogP contribution in [0.1, 0.15) is 48.0 Å². The first kappa shape index (κ1) is 28.1. The van der Waals surface area contributed by atoms with Gasteiger partial charge in [0, 0.05) is 36.0 Å². The first-order chi connectivity index (χ1) is 18.3. The summed E-state index contributed by atoms with van der Waals surface area (Å²) in [5, 5.41) is 5.20. The van der Waals surface area contributed by atoms with Crippen molar-refractivity contribution < 1.29 is 36.0 Å². The standard InChI is InChI=1S/C25H26F3N5O5S/c1-33-20-13-6-5-8-17(20)15-29-24(22(33)35,18-10-3-2-4-11-18)31-23(36)30-19-12-7-9-16(14-19)21(34)32-39(37,38)25(26,27)28/h5-9,12-15,18H,2-4,10-11H2,1H3,(H,32,34)(H2,30,31,36). The molecule has 0 spiro atoms. The van der Waals surface area contributed by atoms with E-state index in [1.807, 2.05) is 0 Å². The second kappa shape index (κ2) is 10.7. The maximum Gasteiger partial charge on any atom is 0.516 e. The van der Waals surface area contributed by atoms with E-state index in [2.05, 4.69) is 15.6 Å². The first-order valence-corrected chi connectivity index (χ1v) is 13.6. The Morgan fingerprint density at radius 3 is 2.44 bits per heavy atom. The van der Waals surface area contributed by atoms with E-state index in [0.29, 0.717) is 24.1 Å². The van der Waals surface area contributed by atoms with Crippen molar-refractivity contribution in [2.24, 2.45) is 10.9 Å². The molecule has 1 heterocycles. The second-order valence-corrected chi connectivity index (χ2v) is 11.0. The predicted molar refractivity (Wildman–Crippen MR) is 138 cm³/mol. The molecule has 0 radical (unpaired) electrons. The van der Waals surface area contributed by atoms with E-state index in [1.54, 1.807) is 37.5 Å². The summed E-state index contributed by atoms with van der Waals surface area (Å²) in [5.74, 6) is -2.27. The highest BCUT2D eigenvalue weighted by Gasteiger charge is 2.50. The van der Waals surface area contributed by atoms with Crippen LogP contribution in [0, 0.1) is 5.92 Å². The predicted octanol–water partition coefficient (Wildman–Crippen LogP) is 3.76. The van der Waals surface area contributed by atoms with Crippen molar-refractivity contribution >= 4 is 45.5 Å². The minimum absolute atomic E-state index is 0.0231. The van der Waals surface area contributed by atoms with Gasteiger partial charge in [0.25, 0.3) is 11.8 Å². The highest BCUT2D eigenvalue weighted by molar-refractivity contribution is 7.90. The number of rotatable bonds is 5. The van der Waals surface area contributed by atoms with Gasteiger partial charge in [-0.3, -0.25) is 14.6 Å². The van der Waals surface area contributed by atoms with E-state index in [4.69, 9.17) is 0 Å². The number of nitrogens with zero attached hydrogens (tertiary/aromatic N) is 2. The van der Waals surface area contributed by atoms with Crippen molar-refractivity contribution in [2.45, 2.75) is 43.3 Å². The number of sulfonamides is 1. The maximum atomic E-state index is 13.8. The fourth-order valence-electron chi connectivity index (χ4n) is 4.79. The first-order valence-electron chi connectivity index (χ1n) is 12.1. The largest absolute Gasteiger partial charge is 0.516 e. The average Bonchev–Trinajstić information content (AvgIpc) is 2.99. The van der Waals surface area contributed by atoms with E-state index >= 15 is 0 Å². The summed E-state index contributed by atoms with van der Waals surface area (Å²) in [4.78, 5) is 45.3. The van der Waals surface area contributed by atoms with Crippen molar-refractivity contribution in [3.8, 4) is 0 Å². The molecule has 10 nitrogen and oxygen atoms in total. The van der Waals surface area contributed by atoms with Crippen LogP contribution < -0.4 is 20.3 Å². The van der Waals surface area contributed by atoms with Crippen LogP contribution in [0.4, 0.5) is 29.3 Å². The Morgan fingerprint density at radius 2 is 1.74 bits per heavy atom. The Balaban J connectivity index is 1.59. The van der Waals surface area contributed by atoms with Crippen molar-refractivity contribution in [1.82, 2.24) is 10.0 Å². The fourth-order valence-corrected chi connectivity index (χ4v) is 5.27. The molecule has 1 aliphatic carbocycles. The number of fused-ring (bicyclic) bond motifs is 1. The molecular weight excluding hydrogens is 539 g/mol. The van der Waals surface area contributed by atoms with E-state index in [-0.39, 0.29) is 11.6 Å². The number of halogens is 3. The molecule has 0 aromatic heterocycles. The summed E-state index contributed by atoms with van der Waals surface area (Å²) >= 11 is 0. The third-order valence-corrected chi connectivity index (χ3v) is 7.81. The zero-order valence-corrected chi connectivity index (χ0v) is 21.6. The van der Waals surface area contributed by atoms with E-state index in [0.717, 1.165) is 36.1 Å². The normalized spacial score (nSPS) is 20.1. The number of benzodiazepines with no additional fused rings is 1. The van der Waals surface area contributed by atoms with Crippen LogP contribution in [0.2, 0.25) is 0 Å². The number of aliphatic imine (C=N–C) groups is 1. The number of carbonyl (C=O) groups is 3. The third-order valence-electron chi connectivity index (χ3n) is 6.75. The molecule has 1 saturated carbocycles. The van der Waals surface area contributed by atoms with E-state index < -0.39 is 44.6 Å². The molecule has 14 heteroatoms. The molecule has 2 aromatic rings. The number of anilines is 2. The Bertz CT molecular complexity index is 1420. The van der Waals surface area contributed by atoms with Crippen LogP contribution in [-0.2, 0) is 14.8 Å². The lowest BCUT2D eigenvalue weighted by molar-refractivity contribution is -0.126. The number of urea groups is 1. The van der Waals surface area contributed by atoms with Crippen LogP contribution >= 0.6 is 0 Å². The Morgan fingerprint density at radius 1 is 1.05 bits per heavy atom. The summed E-state index contributed by atoms with van der Waals surface area (Å²) in [6, 6.07) is 11.0. The number of para-hydroxylation sites is 1. The molecule has 39 heavy (non-hydrogen) atoms. The minimum Gasteiger partial charge on any atom is -0.311 e. The molecule has 1 unspecified atom stereocenters. The number of likely N-dealkylation sites (N-methyl/N-ethyl adjacent to an activating group) is 1. The van der Waals surface area contributed by atoms with Gasteiger partial charge in [-0.25, -0.2) is 9.52 Å². The minimum atomic E-state index is -5.92. The van der Waals surface area contributed by atoms with Crippen LogP contribution in [0.15, 0.2) is 53.5 Å². The molecule has 208 valence electrons. The molecule has 2 aliphatic rings. The van der Waals surface area contributed by atoms with Gasteiger partial charge in [-0.2, -0.15) is 21.6 Å². The quantitative estimate of drug-likeness (QED) is 0.507. The van der Waals surface area contributed by atoms with Gasteiger partial charge in [-0.15, -0.1) is 0 Å². The molecule has 4 rings (SSSR count). The van der Waals surface area contributed by atoms with Gasteiger partial charge >= 0.3 is 21.6 Å². The van der Waals surface area contributed by atoms with Crippen molar-refractivity contribution in [3.05, 3.63) is 59.7 Å². The molecule has 2 aromatic carbocycles. The van der Waals surface area contributed by atoms with Gasteiger partial charge < -0.3 is 15.5 Å². The Labute approximate surface area is 222 Å².